The molecule has 84 valence electrons. The molecule has 0 bridgehead atoms. The van der Waals surface area contributed by atoms with Crippen LogP contribution in [0, 0.1) is 0 Å². The van der Waals surface area contributed by atoms with Crippen molar-refractivity contribution in [3.8, 4) is 5.82 Å². The van der Waals surface area contributed by atoms with Gasteiger partial charge in [0.1, 0.15) is 9.63 Å². The van der Waals surface area contributed by atoms with Gasteiger partial charge in [0.15, 0.2) is 5.15 Å². The monoisotopic (exact) mass is 386 g/mol. The maximum Gasteiger partial charge on any atom is 0.242 e. The molecule has 2 heterocycles. The minimum Gasteiger partial charge on any atom is -0.284 e. The highest BCUT2D eigenvalue weighted by atomic mass is 79.9. The molecule has 0 saturated carbocycles. The van der Waals surface area contributed by atoms with Gasteiger partial charge < -0.3 is 0 Å². The molecule has 5 nitrogen and oxygen atoms in total. The van der Waals surface area contributed by atoms with Crippen molar-refractivity contribution in [2.45, 2.75) is 0 Å². The summed E-state index contributed by atoms with van der Waals surface area (Å²) >= 11 is 17.7. The van der Waals surface area contributed by atoms with Crippen molar-refractivity contribution >= 4 is 55.1 Å². The summed E-state index contributed by atoms with van der Waals surface area (Å²) in [6.07, 6.45) is 1.53. The first-order valence-corrected chi connectivity index (χ1v) is 6.19. The third-order valence-corrected chi connectivity index (χ3v) is 4.05. The number of hydrogen-bond acceptors (Lipinski definition) is 3. The lowest BCUT2D eigenvalue weighted by atomic mass is 10.5. The van der Waals surface area contributed by atoms with Crippen molar-refractivity contribution in [2.75, 3.05) is 0 Å². The molecule has 0 aliphatic carbocycles. The second-order valence-electron chi connectivity index (χ2n) is 2.72. The van der Waals surface area contributed by atoms with E-state index >= 15 is 0 Å². The zero-order chi connectivity index (χ0) is 11.9. The van der Waals surface area contributed by atoms with Crippen molar-refractivity contribution < 1.29 is 0 Å². The molecular weight excluding hydrogens is 387 g/mol. The van der Waals surface area contributed by atoms with Crippen LogP contribution < -0.4 is 5.43 Å². The molecule has 0 amide bonds. The summed E-state index contributed by atoms with van der Waals surface area (Å²) in [5.41, 5.74) is -0.379. The number of aromatic amines is 1. The van der Waals surface area contributed by atoms with Crippen LogP contribution in [0.5, 0.6) is 0 Å². The first kappa shape index (κ1) is 12.1. The Morgan fingerprint density at radius 2 is 2.06 bits per heavy atom. The number of nitrogens with one attached hydrogen (secondary N) is 1. The van der Waals surface area contributed by atoms with Gasteiger partial charge >= 0.3 is 0 Å². The maximum atomic E-state index is 11.8. The standard InChI is InChI=1S/C7H2Br2Cl2N4O/c8-2-1-15(14-5(2)10)7-4(16)3(9)6(11)12-13-7/h1H,(H,12,16). The topological polar surface area (TPSA) is 63.6 Å². The predicted octanol–water partition coefficient (Wildman–Crippen LogP) is 2.79. The molecule has 0 aliphatic heterocycles. The number of rotatable bonds is 1. The molecule has 0 aromatic carbocycles. The van der Waals surface area contributed by atoms with E-state index in [2.05, 4.69) is 47.2 Å². The van der Waals surface area contributed by atoms with Gasteiger partial charge in [-0.1, -0.05) is 23.2 Å². The quantitative estimate of drug-likeness (QED) is 0.817. The van der Waals surface area contributed by atoms with E-state index in [1.165, 1.54) is 10.9 Å². The molecule has 2 aromatic rings. The van der Waals surface area contributed by atoms with Crippen LogP contribution in [0.3, 0.4) is 0 Å². The Bertz CT molecular complexity index is 589. The minimum atomic E-state index is -0.379. The zero-order valence-corrected chi connectivity index (χ0v) is 12.0. The van der Waals surface area contributed by atoms with E-state index in [0.717, 1.165) is 0 Å². The van der Waals surface area contributed by atoms with Gasteiger partial charge in [-0.3, -0.25) is 9.89 Å². The van der Waals surface area contributed by atoms with E-state index in [9.17, 15) is 4.79 Å². The Hall–Kier alpha value is -0.370. The number of H-pyrrole nitrogens is 1. The smallest absolute Gasteiger partial charge is 0.242 e. The van der Waals surface area contributed by atoms with E-state index in [1.54, 1.807) is 0 Å². The molecule has 2 rings (SSSR count). The average molecular weight is 389 g/mol. The van der Waals surface area contributed by atoms with Crippen LogP contribution in [-0.2, 0) is 0 Å². The van der Waals surface area contributed by atoms with Crippen molar-refractivity contribution in [3.63, 3.8) is 0 Å². The summed E-state index contributed by atoms with van der Waals surface area (Å²) in [6.45, 7) is 0. The van der Waals surface area contributed by atoms with Gasteiger partial charge in [0.25, 0.3) is 0 Å². The normalized spacial score (nSPS) is 10.8. The molecule has 0 saturated heterocycles. The second kappa shape index (κ2) is 4.48. The van der Waals surface area contributed by atoms with Crippen molar-refractivity contribution in [2.24, 2.45) is 0 Å². The minimum absolute atomic E-state index is 0.0730. The van der Waals surface area contributed by atoms with E-state index in [0.29, 0.717) is 4.47 Å². The Balaban J connectivity index is 2.66. The SMILES string of the molecule is O=c1c(-n2cc(Br)c(Cl)n2)n[nH]c(Cl)c1Br. The Morgan fingerprint density at radius 1 is 1.38 bits per heavy atom. The van der Waals surface area contributed by atoms with Gasteiger partial charge in [0.05, 0.1) is 4.47 Å². The molecule has 0 unspecified atom stereocenters. The van der Waals surface area contributed by atoms with Crippen molar-refractivity contribution in [1.29, 1.82) is 0 Å². The largest absolute Gasteiger partial charge is 0.284 e. The Morgan fingerprint density at radius 3 is 2.62 bits per heavy atom. The molecule has 9 heteroatoms. The molecular formula is C7H2Br2Cl2N4O. The van der Waals surface area contributed by atoms with Gasteiger partial charge in [-0.25, -0.2) is 4.68 Å². The summed E-state index contributed by atoms with van der Waals surface area (Å²) in [5.74, 6) is 0.0730. The number of aromatic nitrogens is 4. The fourth-order valence-corrected chi connectivity index (χ4v) is 1.79. The summed E-state index contributed by atoms with van der Waals surface area (Å²) in [7, 11) is 0. The van der Waals surface area contributed by atoms with Crippen LogP contribution in [0.4, 0.5) is 0 Å². The lowest BCUT2D eigenvalue weighted by Crippen LogP contribution is -2.16. The first-order valence-electron chi connectivity index (χ1n) is 3.85. The zero-order valence-electron chi connectivity index (χ0n) is 7.34. The highest BCUT2D eigenvalue weighted by molar-refractivity contribution is 9.10. The number of nitrogens with zero attached hydrogens (tertiary/aromatic N) is 3. The van der Waals surface area contributed by atoms with E-state index in [1.807, 2.05) is 0 Å². The highest BCUT2D eigenvalue weighted by Gasteiger charge is 2.13. The first-order chi connectivity index (χ1) is 7.50. The molecule has 1 N–H and O–H groups in total. The molecule has 0 fully saturated rings. The predicted molar refractivity (Wildman–Crippen MR) is 67.4 cm³/mol. The Kier molecular flexibility index (Phi) is 3.39. The second-order valence-corrected chi connectivity index (χ2v) is 5.10. The summed E-state index contributed by atoms with van der Waals surface area (Å²) in [6, 6.07) is 0. The van der Waals surface area contributed by atoms with Crippen LogP contribution in [-0.4, -0.2) is 20.0 Å². The van der Waals surface area contributed by atoms with Crippen LogP contribution >= 0.6 is 55.1 Å². The molecule has 0 aliphatic rings. The lowest BCUT2D eigenvalue weighted by molar-refractivity contribution is 0.802. The third kappa shape index (κ3) is 2.04. The summed E-state index contributed by atoms with van der Waals surface area (Å²) < 4.78 is 2.02. The van der Waals surface area contributed by atoms with Crippen LogP contribution in [0.25, 0.3) is 5.82 Å². The Labute approximate surface area is 116 Å². The number of halogens is 4. The van der Waals surface area contributed by atoms with E-state index in [-0.39, 0.29) is 26.0 Å². The van der Waals surface area contributed by atoms with Crippen LogP contribution in [0.2, 0.25) is 10.3 Å². The molecule has 16 heavy (non-hydrogen) atoms. The van der Waals surface area contributed by atoms with Gasteiger partial charge in [0, 0.05) is 6.20 Å². The maximum absolute atomic E-state index is 11.8. The van der Waals surface area contributed by atoms with Gasteiger partial charge in [-0.05, 0) is 31.9 Å². The fraction of sp³-hybridized carbons (Fsp3) is 0. The van der Waals surface area contributed by atoms with Crippen molar-refractivity contribution in [3.05, 3.63) is 35.7 Å². The van der Waals surface area contributed by atoms with E-state index < -0.39 is 0 Å². The van der Waals surface area contributed by atoms with Gasteiger partial charge in [-0.2, -0.15) is 10.2 Å². The summed E-state index contributed by atoms with van der Waals surface area (Å²) in [5, 5.41) is 10.5. The van der Waals surface area contributed by atoms with Gasteiger partial charge in [-0.15, -0.1) is 0 Å². The van der Waals surface area contributed by atoms with Gasteiger partial charge in [0.2, 0.25) is 11.2 Å². The molecule has 0 spiro atoms. The summed E-state index contributed by atoms with van der Waals surface area (Å²) in [4.78, 5) is 11.8. The van der Waals surface area contributed by atoms with Crippen LogP contribution in [0.1, 0.15) is 0 Å². The van der Waals surface area contributed by atoms with E-state index in [4.69, 9.17) is 23.2 Å². The number of hydrogen-bond donors (Lipinski definition) is 1. The lowest BCUT2D eigenvalue weighted by Gasteiger charge is -2.00. The van der Waals surface area contributed by atoms with Crippen molar-refractivity contribution in [1.82, 2.24) is 20.0 Å². The molecule has 0 radical (unpaired) electrons. The third-order valence-electron chi connectivity index (χ3n) is 1.70. The van der Waals surface area contributed by atoms with Crippen LogP contribution in [0.15, 0.2) is 19.9 Å². The fourth-order valence-electron chi connectivity index (χ4n) is 0.995. The highest BCUT2D eigenvalue weighted by Crippen LogP contribution is 2.21. The molecule has 2 aromatic heterocycles. The average Bonchev–Trinajstić information content (AvgIpc) is 2.56. The molecule has 0 atom stereocenters.